The Bertz CT molecular complexity index is 1180. The summed E-state index contributed by atoms with van der Waals surface area (Å²) in [6.07, 6.45) is 5.59. The number of hydrogen-bond acceptors (Lipinski definition) is 6. The number of pyridine rings is 1. The van der Waals surface area contributed by atoms with Gasteiger partial charge in [-0.3, -0.25) is 14.6 Å². The van der Waals surface area contributed by atoms with Gasteiger partial charge in [-0.25, -0.2) is 4.68 Å². The van der Waals surface area contributed by atoms with Crippen molar-refractivity contribution in [3.05, 3.63) is 75.5 Å². The zero-order valence-electron chi connectivity index (χ0n) is 18.4. The maximum absolute atomic E-state index is 13.0. The lowest BCUT2D eigenvalue weighted by atomic mass is 9.96. The molecule has 0 saturated carbocycles. The van der Waals surface area contributed by atoms with Crippen LogP contribution in [0.4, 0.5) is 0 Å². The topological polar surface area (TPSA) is 95.3 Å². The molecule has 8 nitrogen and oxygen atoms in total. The van der Waals surface area contributed by atoms with Crippen LogP contribution < -0.4 is 15.9 Å². The highest BCUT2D eigenvalue weighted by Gasteiger charge is 2.22. The minimum Gasteiger partial charge on any atom is -0.379 e. The number of amides is 1. The summed E-state index contributed by atoms with van der Waals surface area (Å²) in [7, 11) is 0. The van der Waals surface area contributed by atoms with Crippen LogP contribution in [-0.4, -0.2) is 27.3 Å². The van der Waals surface area contributed by atoms with Gasteiger partial charge in [-0.2, -0.15) is 10.6 Å². The molecule has 1 atom stereocenters. The average molecular weight is 434 g/mol. The first-order valence-corrected chi connectivity index (χ1v) is 10.7. The summed E-state index contributed by atoms with van der Waals surface area (Å²) < 4.78 is 7.24. The van der Waals surface area contributed by atoms with E-state index < -0.39 is 0 Å². The standard InChI is InChI=1S/C24H26N4O4/c1-15-13-19(32-27-23(29)18-7-6-11-25-14-18)9-10-20(15)22-16(2)24(30)28(26-17(22)3)21-8-4-5-12-31-21/h6-7,9-11,13-14,21H,4-5,8,12H2,1-3H3,(H,27,29). The van der Waals surface area contributed by atoms with Crippen molar-refractivity contribution >= 4 is 5.91 Å². The number of aryl methyl sites for hydroxylation is 2. The van der Waals surface area contributed by atoms with E-state index in [9.17, 15) is 9.59 Å². The molecule has 1 fully saturated rings. The molecule has 0 bridgehead atoms. The number of benzene rings is 1. The van der Waals surface area contributed by atoms with Crippen molar-refractivity contribution in [2.24, 2.45) is 0 Å². The highest BCUT2D eigenvalue weighted by Crippen LogP contribution is 2.31. The SMILES string of the molecule is Cc1cc(ONC(=O)c2cccnc2)ccc1-c1c(C)nn(C2CCCCO2)c(=O)c1C. The van der Waals surface area contributed by atoms with Gasteiger partial charge in [0.05, 0.1) is 11.3 Å². The first-order valence-electron chi connectivity index (χ1n) is 10.7. The number of ether oxygens (including phenoxy) is 1. The van der Waals surface area contributed by atoms with E-state index >= 15 is 0 Å². The monoisotopic (exact) mass is 434 g/mol. The van der Waals surface area contributed by atoms with E-state index in [0.717, 1.165) is 41.6 Å². The smallest absolute Gasteiger partial charge is 0.285 e. The first kappa shape index (κ1) is 21.7. The van der Waals surface area contributed by atoms with Crippen molar-refractivity contribution < 1.29 is 14.4 Å². The minimum atomic E-state index is -0.385. The van der Waals surface area contributed by atoms with E-state index in [4.69, 9.17) is 9.57 Å². The number of hydroxylamine groups is 1. The number of aromatic nitrogens is 3. The Balaban J connectivity index is 1.57. The first-order chi connectivity index (χ1) is 15.5. The van der Waals surface area contributed by atoms with Crippen LogP contribution >= 0.6 is 0 Å². The average Bonchev–Trinajstić information content (AvgIpc) is 2.82. The fourth-order valence-corrected chi connectivity index (χ4v) is 3.96. The Morgan fingerprint density at radius 2 is 2.06 bits per heavy atom. The maximum atomic E-state index is 13.0. The van der Waals surface area contributed by atoms with Crippen molar-refractivity contribution in [2.45, 2.75) is 46.3 Å². The molecule has 1 N–H and O–H groups in total. The van der Waals surface area contributed by atoms with E-state index in [1.807, 2.05) is 32.9 Å². The van der Waals surface area contributed by atoms with Crippen molar-refractivity contribution in [3.63, 3.8) is 0 Å². The lowest BCUT2D eigenvalue weighted by molar-refractivity contribution is -0.0428. The van der Waals surface area contributed by atoms with Gasteiger partial charge in [-0.15, -0.1) is 0 Å². The van der Waals surface area contributed by atoms with Crippen LogP contribution in [-0.2, 0) is 4.74 Å². The predicted octanol–water partition coefficient (Wildman–Crippen LogP) is 3.65. The third-order valence-electron chi connectivity index (χ3n) is 5.60. The van der Waals surface area contributed by atoms with E-state index in [1.54, 1.807) is 24.4 Å². The number of carbonyl (C=O) groups is 1. The van der Waals surface area contributed by atoms with Crippen LogP contribution in [0.2, 0.25) is 0 Å². The van der Waals surface area contributed by atoms with E-state index in [1.165, 1.54) is 10.9 Å². The van der Waals surface area contributed by atoms with Gasteiger partial charge in [0.1, 0.15) is 0 Å². The Hall–Kier alpha value is -3.52. The Morgan fingerprint density at radius 3 is 2.75 bits per heavy atom. The lowest BCUT2D eigenvalue weighted by Crippen LogP contribution is -2.33. The van der Waals surface area contributed by atoms with Crippen molar-refractivity contribution in [3.8, 4) is 16.9 Å². The third-order valence-corrected chi connectivity index (χ3v) is 5.60. The molecule has 0 spiro atoms. The van der Waals surface area contributed by atoms with Crippen LogP contribution in [0.25, 0.3) is 11.1 Å². The van der Waals surface area contributed by atoms with E-state index in [2.05, 4.69) is 15.6 Å². The zero-order valence-corrected chi connectivity index (χ0v) is 18.4. The molecular weight excluding hydrogens is 408 g/mol. The number of nitrogens with one attached hydrogen (secondary N) is 1. The van der Waals surface area contributed by atoms with Crippen LogP contribution in [0.3, 0.4) is 0 Å². The number of rotatable bonds is 5. The molecule has 1 aliphatic rings. The molecule has 3 aromatic rings. The van der Waals surface area contributed by atoms with Gasteiger partial charge in [-0.1, -0.05) is 6.07 Å². The van der Waals surface area contributed by atoms with Gasteiger partial charge >= 0.3 is 0 Å². The quantitative estimate of drug-likeness (QED) is 0.616. The molecule has 3 heterocycles. The van der Waals surface area contributed by atoms with Crippen LogP contribution in [0, 0.1) is 20.8 Å². The molecule has 8 heteroatoms. The van der Waals surface area contributed by atoms with Gasteiger partial charge < -0.3 is 9.57 Å². The van der Waals surface area contributed by atoms with Gasteiger partial charge in [0.25, 0.3) is 11.5 Å². The number of carbonyl (C=O) groups excluding carboxylic acids is 1. The molecule has 0 radical (unpaired) electrons. The van der Waals surface area contributed by atoms with Crippen molar-refractivity contribution in [1.29, 1.82) is 0 Å². The van der Waals surface area contributed by atoms with Crippen LogP contribution in [0.15, 0.2) is 47.5 Å². The molecule has 1 amide bonds. The molecular formula is C24H26N4O4. The Morgan fingerprint density at radius 1 is 1.22 bits per heavy atom. The second-order valence-electron chi connectivity index (χ2n) is 7.91. The van der Waals surface area contributed by atoms with Gasteiger partial charge in [0.15, 0.2) is 12.0 Å². The summed E-state index contributed by atoms with van der Waals surface area (Å²) in [4.78, 5) is 34.6. The second-order valence-corrected chi connectivity index (χ2v) is 7.91. The summed E-state index contributed by atoms with van der Waals surface area (Å²) in [5, 5.41) is 4.58. The van der Waals surface area contributed by atoms with E-state index in [-0.39, 0.29) is 17.7 Å². The van der Waals surface area contributed by atoms with Gasteiger partial charge in [0.2, 0.25) is 0 Å². The van der Waals surface area contributed by atoms with Gasteiger partial charge in [-0.05, 0) is 75.4 Å². The largest absolute Gasteiger partial charge is 0.379 e. The molecule has 4 rings (SSSR count). The lowest BCUT2D eigenvalue weighted by Gasteiger charge is -2.25. The van der Waals surface area contributed by atoms with Crippen molar-refractivity contribution in [1.82, 2.24) is 20.2 Å². The number of hydrogen-bond donors (Lipinski definition) is 1. The molecule has 2 aromatic heterocycles. The molecule has 1 unspecified atom stereocenters. The highest BCUT2D eigenvalue weighted by molar-refractivity contribution is 5.93. The fourth-order valence-electron chi connectivity index (χ4n) is 3.96. The minimum absolute atomic E-state index is 0.138. The van der Waals surface area contributed by atoms with Gasteiger partial charge in [0, 0.05) is 30.1 Å². The second kappa shape index (κ2) is 9.32. The summed E-state index contributed by atoms with van der Waals surface area (Å²) >= 11 is 0. The molecule has 1 saturated heterocycles. The molecule has 0 aliphatic carbocycles. The summed E-state index contributed by atoms with van der Waals surface area (Å²) in [5.74, 6) is 0.0972. The maximum Gasteiger partial charge on any atom is 0.285 e. The summed E-state index contributed by atoms with van der Waals surface area (Å²) in [5.41, 5.74) is 6.69. The molecule has 1 aromatic carbocycles. The Labute approximate surface area is 186 Å². The Kier molecular flexibility index (Phi) is 6.32. The summed E-state index contributed by atoms with van der Waals surface area (Å²) in [6, 6.07) is 8.77. The molecule has 166 valence electrons. The number of nitrogens with zero attached hydrogens (tertiary/aromatic N) is 3. The normalized spacial score (nSPS) is 15.9. The third kappa shape index (κ3) is 4.40. The predicted molar refractivity (Wildman–Crippen MR) is 119 cm³/mol. The van der Waals surface area contributed by atoms with Crippen molar-refractivity contribution in [2.75, 3.05) is 6.61 Å². The van der Waals surface area contributed by atoms with E-state index in [0.29, 0.717) is 23.5 Å². The molecule has 32 heavy (non-hydrogen) atoms. The highest BCUT2D eigenvalue weighted by atomic mass is 16.7. The van der Waals surface area contributed by atoms with Crippen LogP contribution in [0.1, 0.15) is 52.7 Å². The summed E-state index contributed by atoms with van der Waals surface area (Å²) in [6.45, 7) is 6.30. The molecule has 1 aliphatic heterocycles. The zero-order chi connectivity index (χ0) is 22.7. The fraction of sp³-hybridized carbons (Fsp3) is 0.333. The van der Waals surface area contributed by atoms with Crippen LogP contribution in [0.5, 0.6) is 5.75 Å².